The van der Waals surface area contributed by atoms with Crippen LogP contribution in [0.3, 0.4) is 0 Å². The fourth-order valence-corrected chi connectivity index (χ4v) is 1.99. The first-order chi connectivity index (χ1) is 10.9. The second-order valence-electron chi connectivity index (χ2n) is 4.88. The van der Waals surface area contributed by atoms with Gasteiger partial charge in [-0.05, 0) is 24.3 Å². The number of ether oxygens (including phenoxy) is 1. The van der Waals surface area contributed by atoms with E-state index in [9.17, 15) is 36.2 Å². The number of methoxy groups -OCH3 is 1. The van der Waals surface area contributed by atoms with E-state index in [1.54, 1.807) is 0 Å². The van der Waals surface area contributed by atoms with Crippen molar-refractivity contribution in [1.82, 2.24) is 5.01 Å². The minimum absolute atomic E-state index is 0.276. The quantitative estimate of drug-likeness (QED) is 0.829. The Bertz CT molecular complexity index is 668. The average molecular weight is 356 g/mol. The Kier molecular flexibility index (Phi) is 4.25. The lowest BCUT2D eigenvalue weighted by Crippen LogP contribution is -2.56. The van der Waals surface area contributed by atoms with Gasteiger partial charge in [-0.3, -0.25) is 4.79 Å². The van der Waals surface area contributed by atoms with Gasteiger partial charge in [-0.15, -0.1) is 0 Å². The summed E-state index contributed by atoms with van der Waals surface area (Å²) in [7, 11) is 1.31. The molecule has 1 heterocycles. The Hall–Kier alpha value is -2.30. The van der Waals surface area contributed by atoms with Crippen molar-refractivity contribution in [2.45, 2.75) is 24.5 Å². The summed E-state index contributed by atoms with van der Waals surface area (Å²) in [5.41, 5.74) is -6.37. The first kappa shape index (κ1) is 18.0. The number of alkyl halides is 6. The maximum Gasteiger partial charge on any atom is 0.438 e. The number of hydrazone groups is 1. The third-order valence-electron chi connectivity index (χ3n) is 3.30. The normalized spacial score (nSPS) is 21.7. The molecule has 0 spiro atoms. The zero-order valence-electron chi connectivity index (χ0n) is 11.9. The molecule has 0 bridgehead atoms. The van der Waals surface area contributed by atoms with E-state index in [4.69, 9.17) is 4.74 Å². The number of hydrogen-bond acceptors (Lipinski definition) is 4. The average Bonchev–Trinajstić information content (AvgIpc) is 2.86. The van der Waals surface area contributed by atoms with E-state index in [1.807, 2.05) is 0 Å². The summed E-state index contributed by atoms with van der Waals surface area (Å²) in [4.78, 5) is 12.1. The smallest absolute Gasteiger partial charge is 0.438 e. The molecular formula is C13H10F6N2O3. The summed E-state index contributed by atoms with van der Waals surface area (Å²) in [6, 6.07) is 4.53. The summed E-state index contributed by atoms with van der Waals surface area (Å²) in [5.74, 6) is -1.25. The fraction of sp³-hybridized carbons (Fsp3) is 0.385. The highest BCUT2D eigenvalue weighted by atomic mass is 19.4. The molecular weight excluding hydrogens is 346 g/mol. The van der Waals surface area contributed by atoms with Crippen molar-refractivity contribution in [3.63, 3.8) is 0 Å². The molecule has 0 radical (unpaired) electrons. The molecule has 24 heavy (non-hydrogen) atoms. The predicted octanol–water partition coefficient (Wildman–Crippen LogP) is 2.71. The molecule has 1 amide bonds. The number of rotatable bonds is 2. The molecule has 1 aliphatic rings. The molecule has 11 heteroatoms. The summed E-state index contributed by atoms with van der Waals surface area (Å²) >= 11 is 0. The highest BCUT2D eigenvalue weighted by molar-refractivity contribution is 5.99. The van der Waals surface area contributed by atoms with Crippen molar-refractivity contribution < 1.29 is 41.0 Å². The van der Waals surface area contributed by atoms with Crippen molar-refractivity contribution >= 4 is 11.6 Å². The molecule has 5 nitrogen and oxygen atoms in total. The third-order valence-corrected chi connectivity index (χ3v) is 3.30. The molecule has 132 valence electrons. The first-order valence-electron chi connectivity index (χ1n) is 6.32. The van der Waals surface area contributed by atoms with Gasteiger partial charge in [0.05, 0.1) is 13.5 Å². The van der Waals surface area contributed by atoms with Crippen molar-refractivity contribution in [2.24, 2.45) is 5.10 Å². The molecule has 1 N–H and O–H groups in total. The number of halogens is 6. The lowest BCUT2D eigenvalue weighted by molar-refractivity contribution is -0.297. The zero-order chi connectivity index (χ0) is 18.3. The number of amides is 1. The highest BCUT2D eigenvalue weighted by Gasteiger charge is 2.66. The van der Waals surface area contributed by atoms with E-state index in [2.05, 4.69) is 5.10 Å². The van der Waals surface area contributed by atoms with Gasteiger partial charge < -0.3 is 9.84 Å². The molecule has 1 aromatic rings. The Morgan fingerprint density at radius 3 is 2.17 bits per heavy atom. The number of carbonyl (C=O) groups is 1. The number of aliphatic hydroxyl groups is 1. The lowest BCUT2D eigenvalue weighted by atomic mass is 10.1. The number of nitrogens with zero attached hydrogens (tertiary/aromatic N) is 2. The minimum Gasteiger partial charge on any atom is -0.497 e. The van der Waals surface area contributed by atoms with E-state index in [1.165, 1.54) is 19.2 Å². The van der Waals surface area contributed by atoms with Gasteiger partial charge in [0.25, 0.3) is 11.6 Å². The van der Waals surface area contributed by atoms with E-state index in [-0.39, 0.29) is 5.75 Å². The maximum absolute atomic E-state index is 13.0. The summed E-state index contributed by atoms with van der Waals surface area (Å²) in [5, 5.41) is 11.8. The van der Waals surface area contributed by atoms with E-state index < -0.39 is 46.7 Å². The molecule has 0 saturated heterocycles. The standard InChI is InChI=1S/C13H10F6N2O3/c1-24-8-4-2-7(3-5-8)10(22)21-11(23,13(17,18)19)6-9(20-21)12(14,15)16/h2-5,23H,6H2,1H3/t11-/m1/s1. The molecule has 1 aromatic carbocycles. The van der Waals surface area contributed by atoms with Crippen LogP contribution in [0.2, 0.25) is 0 Å². The first-order valence-corrected chi connectivity index (χ1v) is 6.32. The Labute approximate surface area is 131 Å². The number of hydrogen-bond donors (Lipinski definition) is 1. The fourth-order valence-electron chi connectivity index (χ4n) is 1.99. The van der Waals surface area contributed by atoms with E-state index in [0.29, 0.717) is 0 Å². The Balaban J connectivity index is 2.45. The second-order valence-corrected chi connectivity index (χ2v) is 4.88. The van der Waals surface area contributed by atoms with Crippen LogP contribution in [0, 0.1) is 0 Å². The molecule has 0 unspecified atom stereocenters. The van der Waals surface area contributed by atoms with Gasteiger partial charge in [0, 0.05) is 5.56 Å². The van der Waals surface area contributed by atoms with Crippen LogP contribution < -0.4 is 4.74 Å². The Morgan fingerprint density at radius 2 is 1.75 bits per heavy atom. The summed E-state index contributed by atoms with van der Waals surface area (Å²) in [6.07, 6.45) is -12.7. The van der Waals surface area contributed by atoms with Crippen molar-refractivity contribution in [3.05, 3.63) is 29.8 Å². The molecule has 0 saturated carbocycles. The van der Waals surface area contributed by atoms with Crippen LogP contribution in [0.1, 0.15) is 16.8 Å². The van der Waals surface area contributed by atoms with Gasteiger partial charge in [0.15, 0.2) is 0 Å². The highest BCUT2D eigenvalue weighted by Crippen LogP contribution is 2.43. The summed E-state index contributed by atoms with van der Waals surface area (Å²) in [6.45, 7) is 0. The van der Waals surface area contributed by atoms with Crippen LogP contribution >= 0.6 is 0 Å². The molecule has 0 aliphatic carbocycles. The second kappa shape index (κ2) is 5.65. The number of carbonyl (C=O) groups excluding carboxylic acids is 1. The lowest BCUT2D eigenvalue weighted by Gasteiger charge is -2.32. The molecule has 2 rings (SSSR count). The Morgan fingerprint density at radius 1 is 1.21 bits per heavy atom. The van der Waals surface area contributed by atoms with Crippen LogP contribution in [-0.4, -0.2) is 46.9 Å². The van der Waals surface area contributed by atoms with Gasteiger partial charge in [-0.1, -0.05) is 0 Å². The molecule has 1 aliphatic heterocycles. The van der Waals surface area contributed by atoms with Crippen LogP contribution in [-0.2, 0) is 0 Å². The van der Waals surface area contributed by atoms with Gasteiger partial charge in [-0.25, -0.2) is 0 Å². The van der Waals surface area contributed by atoms with Crippen molar-refractivity contribution in [2.75, 3.05) is 7.11 Å². The topological polar surface area (TPSA) is 62.1 Å². The largest absolute Gasteiger partial charge is 0.497 e. The number of benzene rings is 1. The SMILES string of the molecule is COc1ccc(C(=O)N2N=C(C(F)(F)F)C[C@@]2(O)C(F)(F)F)cc1. The molecule has 0 aromatic heterocycles. The monoisotopic (exact) mass is 356 g/mol. The van der Waals surface area contributed by atoms with Gasteiger partial charge in [0.2, 0.25) is 0 Å². The zero-order valence-corrected chi connectivity index (χ0v) is 11.9. The van der Waals surface area contributed by atoms with Crippen LogP contribution in [0.25, 0.3) is 0 Å². The third kappa shape index (κ3) is 3.03. The van der Waals surface area contributed by atoms with E-state index >= 15 is 0 Å². The van der Waals surface area contributed by atoms with Crippen LogP contribution in [0.5, 0.6) is 5.75 Å². The maximum atomic E-state index is 13.0. The van der Waals surface area contributed by atoms with Crippen molar-refractivity contribution in [1.29, 1.82) is 0 Å². The predicted molar refractivity (Wildman–Crippen MR) is 68.3 cm³/mol. The molecule has 0 fully saturated rings. The van der Waals surface area contributed by atoms with Gasteiger partial charge in [-0.2, -0.15) is 36.5 Å². The minimum atomic E-state index is -5.54. The summed E-state index contributed by atoms with van der Waals surface area (Å²) < 4.78 is 81.9. The molecule has 1 atom stereocenters. The van der Waals surface area contributed by atoms with Crippen molar-refractivity contribution in [3.8, 4) is 5.75 Å². The van der Waals surface area contributed by atoms with Gasteiger partial charge in [0.1, 0.15) is 11.5 Å². The van der Waals surface area contributed by atoms with Crippen LogP contribution in [0.4, 0.5) is 26.3 Å². The van der Waals surface area contributed by atoms with E-state index in [0.717, 1.165) is 12.1 Å². The van der Waals surface area contributed by atoms with Crippen LogP contribution in [0.15, 0.2) is 29.4 Å². The van der Waals surface area contributed by atoms with Gasteiger partial charge >= 0.3 is 12.4 Å².